The summed E-state index contributed by atoms with van der Waals surface area (Å²) in [6.07, 6.45) is 2.79. The zero-order valence-electron chi connectivity index (χ0n) is 9.79. The molecule has 0 unspecified atom stereocenters. The zero-order chi connectivity index (χ0) is 13.1. The Morgan fingerprint density at radius 1 is 1.00 bits per heavy atom. The largest absolute Gasteiger partial charge is 0.336 e. The average molecular weight is 253 g/mol. The molecule has 1 amide bonds. The number of benzene rings is 1. The van der Waals surface area contributed by atoms with Crippen LogP contribution in [-0.2, 0) is 4.79 Å². The van der Waals surface area contributed by atoms with E-state index in [1.807, 2.05) is 0 Å². The van der Waals surface area contributed by atoms with E-state index in [4.69, 9.17) is 0 Å². The second-order valence-corrected chi connectivity index (χ2v) is 4.31. The van der Waals surface area contributed by atoms with Crippen LogP contribution in [0.2, 0.25) is 0 Å². The Morgan fingerprint density at radius 3 is 2.28 bits per heavy atom. The van der Waals surface area contributed by atoms with Crippen LogP contribution in [0.3, 0.4) is 0 Å². The lowest BCUT2D eigenvalue weighted by atomic mass is 10.1. The van der Waals surface area contributed by atoms with Gasteiger partial charge in [-0.15, -0.1) is 0 Å². The van der Waals surface area contributed by atoms with Crippen molar-refractivity contribution in [3.05, 3.63) is 35.4 Å². The van der Waals surface area contributed by atoms with Gasteiger partial charge >= 0.3 is 0 Å². The van der Waals surface area contributed by atoms with E-state index in [0.29, 0.717) is 13.1 Å². The van der Waals surface area contributed by atoms with Gasteiger partial charge in [-0.25, -0.2) is 8.78 Å². The third-order valence-corrected chi connectivity index (χ3v) is 3.02. The fraction of sp³-hybridized carbons (Fsp3) is 0.385. The van der Waals surface area contributed by atoms with Gasteiger partial charge in [0.25, 0.3) is 5.91 Å². The van der Waals surface area contributed by atoms with Gasteiger partial charge in [0.15, 0.2) is 11.6 Å². The Bertz CT molecular complexity index is 482. The molecule has 0 atom stereocenters. The van der Waals surface area contributed by atoms with Crippen LogP contribution in [0.25, 0.3) is 0 Å². The predicted octanol–water partition coefficient (Wildman–Crippen LogP) is 2.16. The van der Waals surface area contributed by atoms with E-state index in [0.717, 1.165) is 37.5 Å². The van der Waals surface area contributed by atoms with Gasteiger partial charge in [0, 0.05) is 18.7 Å². The Kier molecular flexibility index (Phi) is 3.69. The molecule has 1 aromatic carbocycles. The van der Waals surface area contributed by atoms with Crippen LogP contribution in [0.1, 0.15) is 29.6 Å². The van der Waals surface area contributed by atoms with Crippen LogP contribution in [0, 0.1) is 11.6 Å². The minimum Gasteiger partial charge on any atom is -0.336 e. The first kappa shape index (κ1) is 12.7. The van der Waals surface area contributed by atoms with E-state index in [9.17, 15) is 18.4 Å². The molecule has 1 aromatic rings. The second kappa shape index (κ2) is 5.25. The minimum atomic E-state index is -1.12. The van der Waals surface area contributed by atoms with Crippen molar-refractivity contribution >= 4 is 11.7 Å². The number of ketones is 1. The third-order valence-electron chi connectivity index (χ3n) is 3.02. The normalized spacial score (nSPS) is 15.6. The molecular weight excluding hydrogens is 240 g/mol. The standard InChI is InChI=1S/C13H13F2NO2/c14-10-5-4-9(8-11(10)15)12(17)13(18)16-6-2-1-3-7-16/h4-5,8H,1-3,6-7H2. The maximum absolute atomic E-state index is 13.0. The van der Waals surface area contributed by atoms with Gasteiger partial charge in [0.2, 0.25) is 5.78 Å². The van der Waals surface area contributed by atoms with E-state index < -0.39 is 23.3 Å². The molecule has 0 aromatic heterocycles. The molecule has 0 N–H and O–H groups in total. The number of carbonyl (C=O) groups is 2. The third kappa shape index (κ3) is 2.55. The summed E-state index contributed by atoms with van der Waals surface area (Å²) in [6.45, 7) is 1.10. The maximum atomic E-state index is 13.0. The number of Topliss-reactive ketones (excluding diaryl/α,β-unsaturated/α-hetero) is 1. The molecule has 0 saturated carbocycles. The highest BCUT2D eigenvalue weighted by Gasteiger charge is 2.25. The molecule has 1 aliphatic heterocycles. The minimum absolute atomic E-state index is 0.107. The maximum Gasteiger partial charge on any atom is 0.294 e. The van der Waals surface area contributed by atoms with Crippen LogP contribution >= 0.6 is 0 Å². The highest BCUT2D eigenvalue weighted by molar-refractivity contribution is 6.42. The Balaban J connectivity index is 2.14. The van der Waals surface area contributed by atoms with Crippen LogP contribution in [0.5, 0.6) is 0 Å². The van der Waals surface area contributed by atoms with Gasteiger partial charge in [-0.2, -0.15) is 0 Å². The summed E-state index contributed by atoms with van der Waals surface area (Å²) in [5, 5.41) is 0. The van der Waals surface area contributed by atoms with E-state index in [2.05, 4.69) is 0 Å². The topological polar surface area (TPSA) is 37.4 Å². The molecule has 96 valence electrons. The van der Waals surface area contributed by atoms with Crippen molar-refractivity contribution < 1.29 is 18.4 Å². The predicted molar refractivity (Wildman–Crippen MR) is 61.1 cm³/mol. The van der Waals surface area contributed by atoms with Gasteiger partial charge < -0.3 is 4.90 Å². The molecule has 1 heterocycles. The summed E-state index contributed by atoms with van der Waals surface area (Å²) < 4.78 is 25.7. The number of amides is 1. The van der Waals surface area contributed by atoms with Gasteiger partial charge in [0.05, 0.1) is 0 Å². The Morgan fingerprint density at radius 2 is 1.67 bits per heavy atom. The molecule has 0 bridgehead atoms. The van der Waals surface area contributed by atoms with Gasteiger partial charge in [0.1, 0.15) is 0 Å². The van der Waals surface area contributed by atoms with Gasteiger partial charge in [-0.05, 0) is 37.5 Å². The molecule has 0 aliphatic carbocycles. The lowest BCUT2D eigenvalue weighted by Crippen LogP contribution is -2.40. The summed E-state index contributed by atoms with van der Waals surface area (Å²) in [7, 11) is 0. The summed E-state index contributed by atoms with van der Waals surface area (Å²) >= 11 is 0. The van der Waals surface area contributed by atoms with Crippen molar-refractivity contribution in [1.29, 1.82) is 0 Å². The van der Waals surface area contributed by atoms with Crippen LogP contribution < -0.4 is 0 Å². The molecule has 0 radical (unpaired) electrons. The van der Waals surface area contributed by atoms with Gasteiger partial charge in [-0.1, -0.05) is 0 Å². The lowest BCUT2D eigenvalue weighted by molar-refractivity contribution is -0.127. The number of hydrogen-bond donors (Lipinski definition) is 0. The molecule has 5 heteroatoms. The summed E-state index contributed by atoms with van der Waals surface area (Å²) in [6, 6.07) is 2.74. The number of nitrogens with zero attached hydrogens (tertiary/aromatic N) is 1. The number of carbonyl (C=O) groups excluding carboxylic acids is 2. The summed E-state index contributed by atoms with van der Waals surface area (Å²) in [4.78, 5) is 25.1. The van der Waals surface area contributed by atoms with Crippen molar-refractivity contribution in [2.75, 3.05) is 13.1 Å². The van der Waals surface area contributed by atoms with E-state index >= 15 is 0 Å². The van der Waals surface area contributed by atoms with Crippen LogP contribution in [0.4, 0.5) is 8.78 Å². The van der Waals surface area contributed by atoms with Gasteiger partial charge in [-0.3, -0.25) is 9.59 Å². The van der Waals surface area contributed by atoms with Crippen molar-refractivity contribution in [2.45, 2.75) is 19.3 Å². The van der Waals surface area contributed by atoms with Crippen LogP contribution in [0.15, 0.2) is 18.2 Å². The molecular formula is C13H13F2NO2. The zero-order valence-corrected chi connectivity index (χ0v) is 9.79. The summed E-state index contributed by atoms with van der Waals surface area (Å²) in [5.74, 6) is -3.57. The highest BCUT2D eigenvalue weighted by atomic mass is 19.2. The first-order chi connectivity index (χ1) is 8.59. The Labute approximate surface area is 103 Å². The summed E-state index contributed by atoms with van der Waals surface area (Å²) in [5.41, 5.74) is -0.107. The van der Waals surface area contributed by atoms with E-state index in [1.54, 1.807) is 0 Å². The van der Waals surface area contributed by atoms with Crippen molar-refractivity contribution in [1.82, 2.24) is 4.90 Å². The average Bonchev–Trinajstić information content (AvgIpc) is 2.41. The van der Waals surface area contributed by atoms with E-state index in [-0.39, 0.29) is 5.56 Å². The fourth-order valence-corrected chi connectivity index (χ4v) is 2.00. The highest BCUT2D eigenvalue weighted by Crippen LogP contribution is 2.13. The first-order valence-corrected chi connectivity index (χ1v) is 5.88. The Hall–Kier alpha value is -1.78. The molecule has 1 fully saturated rings. The van der Waals surface area contributed by atoms with Crippen molar-refractivity contribution in [3.8, 4) is 0 Å². The smallest absolute Gasteiger partial charge is 0.294 e. The van der Waals surface area contributed by atoms with Crippen LogP contribution in [-0.4, -0.2) is 29.7 Å². The molecule has 1 saturated heterocycles. The number of hydrogen-bond acceptors (Lipinski definition) is 2. The monoisotopic (exact) mass is 253 g/mol. The molecule has 18 heavy (non-hydrogen) atoms. The lowest BCUT2D eigenvalue weighted by Gasteiger charge is -2.25. The second-order valence-electron chi connectivity index (χ2n) is 4.31. The number of rotatable bonds is 2. The van der Waals surface area contributed by atoms with E-state index in [1.165, 1.54) is 4.90 Å². The number of piperidine rings is 1. The molecule has 2 rings (SSSR count). The first-order valence-electron chi connectivity index (χ1n) is 5.88. The SMILES string of the molecule is O=C(C(=O)N1CCCCC1)c1ccc(F)c(F)c1. The van der Waals surface area contributed by atoms with Crippen molar-refractivity contribution in [3.63, 3.8) is 0 Å². The molecule has 0 spiro atoms. The quantitative estimate of drug-likeness (QED) is 0.598. The molecule has 1 aliphatic rings. The number of halogens is 2. The fourth-order valence-electron chi connectivity index (χ4n) is 2.00. The number of likely N-dealkylation sites (tertiary alicyclic amines) is 1. The van der Waals surface area contributed by atoms with Crippen molar-refractivity contribution in [2.24, 2.45) is 0 Å². The molecule has 3 nitrogen and oxygen atoms in total.